The zero-order valence-electron chi connectivity index (χ0n) is 19.2. The smallest absolute Gasteiger partial charge is 0.408 e. The van der Waals surface area contributed by atoms with Crippen LogP contribution in [0.2, 0.25) is 18.1 Å². The fourth-order valence-electron chi connectivity index (χ4n) is 3.77. The Hall–Kier alpha value is -1.80. The molecule has 0 aliphatic carbocycles. The molecule has 1 saturated heterocycles. The highest BCUT2D eigenvalue weighted by Crippen LogP contribution is 2.39. The minimum absolute atomic E-state index is 0.0635. The van der Waals surface area contributed by atoms with Crippen molar-refractivity contribution in [3.8, 4) is 0 Å². The van der Waals surface area contributed by atoms with Gasteiger partial charge in [0.05, 0.1) is 29.7 Å². The Labute approximate surface area is 176 Å². The molecule has 0 radical (unpaired) electrons. The molecule has 0 unspecified atom stereocenters. The molecular formula is C21H38N4O3Si. The molecule has 0 bridgehead atoms. The summed E-state index contributed by atoms with van der Waals surface area (Å²) in [5, 5.41) is 10.0. The average Bonchev–Trinajstić information content (AvgIpc) is 2.51. The molecule has 8 heteroatoms. The molecule has 1 fully saturated rings. The molecule has 1 aromatic rings. The number of amides is 1. The Morgan fingerprint density at radius 3 is 2.38 bits per heavy atom. The number of rotatable bonds is 4. The summed E-state index contributed by atoms with van der Waals surface area (Å²) in [5.74, 6) is 0. The molecule has 0 saturated carbocycles. The van der Waals surface area contributed by atoms with Gasteiger partial charge in [-0.3, -0.25) is 9.88 Å². The molecule has 1 aliphatic rings. The first-order chi connectivity index (χ1) is 13.1. The van der Waals surface area contributed by atoms with Gasteiger partial charge in [0.15, 0.2) is 8.32 Å². The van der Waals surface area contributed by atoms with E-state index in [1.807, 2.05) is 26.8 Å². The average molecular weight is 423 g/mol. The van der Waals surface area contributed by atoms with E-state index < -0.39 is 19.9 Å². The van der Waals surface area contributed by atoms with Crippen molar-refractivity contribution in [3.05, 3.63) is 18.5 Å². The molecule has 0 aromatic carbocycles. The summed E-state index contributed by atoms with van der Waals surface area (Å²) in [5.41, 5.74) is 7.16. The lowest BCUT2D eigenvalue weighted by Gasteiger charge is -2.49. The van der Waals surface area contributed by atoms with Gasteiger partial charge in [0, 0.05) is 24.8 Å². The van der Waals surface area contributed by atoms with Crippen molar-refractivity contribution in [2.24, 2.45) is 0 Å². The van der Waals surface area contributed by atoms with E-state index in [9.17, 15) is 9.90 Å². The van der Waals surface area contributed by atoms with Crippen LogP contribution in [0.5, 0.6) is 0 Å². The van der Waals surface area contributed by atoms with Crippen molar-refractivity contribution in [2.75, 3.05) is 23.7 Å². The topological polar surface area (TPSA) is 91.9 Å². The SMILES string of the molecule is CC(C)(C)N(C(=O)O)[C@H]1C[C@@H](O[Si](C)(C)C(C)(C)C)CN(c2ccncc2N)C1. The van der Waals surface area contributed by atoms with Crippen molar-refractivity contribution in [1.29, 1.82) is 0 Å². The fraction of sp³-hybridized carbons (Fsp3) is 0.714. The Kier molecular flexibility index (Phi) is 6.59. The van der Waals surface area contributed by atoms with Gasteiger partial charge in [0.1, 0.15) is 0 Å². The first kappa shape index (κ1) is 23.5. The molecule has 3 N–H and O–H groups in total. The molecule has 1 aromatic heterocycles. The highest BCUT2D eigenvalue weighted by molar-refractivity contribution is 6.74. The van der Waals surface area contributed by atoms with Crippen molar-refractivity contribution in [3.63, 3.8) is 0 Å². The van der Waals surface area contributed by atoms with Gasteiger partial charge in [-0.25, -0.2) is 4.79 Å². The first-order valence-corrected chi connectivity index (χ1v) is 13.2. The molecule has 1 amide bonds. The number of aromatic nitrogens is 1. The minimum Gasteiger partial charge on any atom is -0.465 e. The van der Waals surface area contributed by atoms with Crippen LogP contribution in [0.4, 0.5) is 16.2 Å². The van der Waals surface area contributed by atoms with Crippen molar-refractivity contribution in [1.82, 2.24) is 9.88 Å². The van der Waals surface area contributed by atoms with Gasteiger partial charge >= 0.3 is 6.09 Å². The number of hydrogen-bond acceptors (Lipinski definition) is 5. The summed E-state index contributed by atoms with van der Waals surface area (Å²) in [6, 6.07) is 1.70. The van der Waals surface area contributed by atoms with Crippen LogP contribution in [0.3, 0.4) is 0 Å². The lowest BCUT2D eigenvalue weighted by atomic mass is 9.96. The zero-order valence-corrected chi connectivity index (χ0v) is 20.2. The molecule has 164 valence electrons. The Balaban J connectivity index is 2.40. The third-order valence-corrected chi connectivity index (χ3v) is 10.7. The Bertz CT molecular complexity index is 727. The molecule has 7 nitrogen and oxygen atoms in total. The van der Waals surface area contributed by atoms with Gasteiger partial charge in [-0.15, -0.1) is 0 Å². The van der Waals surface area contributed by atoms with Gasteiger partial charge in [-0.1, -0.05) is 20.8 Å². The summed E-state index contributed by atoms with van der Waals surface area (Å²) < 4.78 is 6.73. The van der Waals surface area contributed by atoms with E-state index in [1.54, 1.807) is 17.3 Å². The number of nitrogens with two attached hydrogens (primary N) is 1. The number of pyridine rings is 1. The van der Waals surface area contributed by atoms with E-state index in [0.29, 0.717) is 25.2 Å². The quantitative estimate of drug-likeness (QED) is 0.698. The summed E-state index contributed by atoms with van der Waals surface area (Å²) in [4.78, 5) is 20.0. The van der Waals surface area contributed by atoms with Gasteiger partial charge in [0.25, 0.3) is 0 Å². The summed E-state index contributed by atoms with van der Waals surface area (Å²) in [7, 11) is -2.01. The monoisotopic (exact) mass is 422 g/mol. The minimum atomic E-state index is -2.01. The van der Waals surface area contributed by atoms with Crippen LogP contribution in [0.15, 0.2) is 18.5 Å². The Morgan fingerprint density at radius 2 is 1.90 bits per heavy atom. The number of nitrogens with zero attached hydrogens (tertiary/aromatic N) is 3. The standard InChI is InChI=1S/C21H38N4O3Si/c1-20(2,3)25(19(26)27)15-11-16(28-29(7,8)21(4,5)6)14-24(13-15)18-9-10-23-12-17(18)22/h9-10,12,15-16H,11,13-14,22H2,1-8H3,(H,26,27)/t15-,16+/m0/s1. The van der Waals surface area contributed by atoms with E-state index in [1.165, 1.54) is 0 Å². The largest absolute Gasteiger partial charge is 0.465 e. The van der Waals surface area contributed by atoms with Crippen LogP contribution in [0.25, 0.3) is 0 Å². The van der Waals surface area contributed by atoms with E-state index in [2.05, 4.69) is 43.7 Å². The van der Waals surface area contributed by atoms with E-state index >= 15 is 0 Å². The summed E-state index contributed by atoms with van der Waals surface area (Å²) in [6.07, 6.45) is 3.07. The van der Waals surface area contributed by atoms with Crippen molar-refractivity contribution in [2.45, 2.75) is 83.8 Å². The Morgan fingerprint density at radius 1 is 1.28 bits per heavy atom. The predicted molar refractivity (Wildman–Crippen MR) is 121 cm³/mol. The highest BCUT2D eigenvalue weighted by atomic mass is 28.4. The second-order valence-corrected chi connectivity index (χ2v) is 15.3. The fourth-order valence-corrected chi connectivity index (χ4v) is 5.13. The molecule has 2 rings (SSSR count). The number of carbonyl (C=O) groups is 1. The normalized spacial score (nSPS) is 21.2. The lowest BCUT2D eigenvalue weighted by molar-refractivity contribution is 0.0401. The van der Waals surface area contributed by atoms with Crippen LogP contribution < -0.4 is 10.6 Å². The van der Waals surface area contributed by atoms with Gasteiger partial charge in [-0.2, -0.15) is 0 Å². The van der Waals surface area contributed by atoms with Gasteiger partial charge in [-0.05, 0) is 51.4 Å². The number of anilines is 2. The van der Waals surface area contributed by atoms with Crippen LogP contribution in [-0.2, 0) is 4.43 Å². The van der Waals surface area contributed by atoms with Crippen molar-refractivity contribution < 1.29 is 14.3 Å². The maximum absolute atomic E-state index is 12.1. The van der Waals surface area contributed by atoms with Crippen molar-refractivity contribution >= 4 is 25.8 Å². The summed E-state index contributed by atoms with van der Waals surface area (Å²) >= 11 is 0. The van der Waals surface area contributed by atoms with Crippen LogP contribution in [-0.4, -0.2) is 60.2 Å². The van der Waals surface area contributed by atoms with E-state index in [0.717, 1.165) is 5.69 Å². The number of nitrogen functional groups attached to an aromatic ring is 1. The second kappa shape index (κ2) is 8.14. The van der Waals surface area contributed by atoms with Gasteiger partial charge < -0.3 is 20.2 Å². The van der Waals surface area contributed by atoms with E-state index in [4.69, 9.17) is 10.2 Å². The van der Waals surface area contributed by atoms with Crippen LogP contribution in [0, 0.1) is 0 Å². The molecule has 0 spiro atoms. The predicted octanol–water partition coefficient (Wildman–Crippen LogP) is 4.41. The van der Waals surface area contributed by atoms with Crippen LogP contribution >= 0.6 is 0 Å². The first-order valence-electron chi connectivity index (χ1n) is 10.3. The molecule has 2 heterocycles. The van der Waals surface area contributed by atoms with Gasteiger partial charge in [0.2, 0.25) is 0 Å². The molecule has 2 atom stereocenters. The van der Waals surface area contributed by atoms with E-state index in [-0.39, 0.29) is 17.2 Å². The molecule has 29 heavy (non-hydrogen) atoms. The number of piperidine rings is 1. The maximum Gasteiger partial charge on any atom is 0.408 e. The third-order valence-electron chi connectivity index (χ3n) is 6.12. The number of hydrogen-bond donors (Lipinski definition) is 2. The van der Waals surface area contributed by atoms with Crippen LogP contribution in [0.1, 0.15) is 48.0 Å². The molecule has 1 aliphatic heterocycles. The zero-order chi connectivity index (χ0) is 22.2. The lowest BCUT2D eigenvalue weighted by Crippen LogP contribution is -2.61. The third kappa shape index (κ3) is 5.42. The molecular weight excluding hydrogens is 384 g/mol. The maximum atomic E-state index is 12.1. The second-order valence-electron chi connectivity index (χ2n) is 10.6. The number of carboxylic acid groups (broad SMARTS) is 1. The summed E-state index contributed by atoms with van der Waals surface area (Å²) in [6.45, 7) is 18.2. The highest BCUT2D eigenvalue weighted by Gasteiger charge is 2.44.